The van der Waals surface area contributed by atoms with Crippen molar-refractivity contribution in [2.75, 3.05) is 25.3 Å². The van der Waals surface area contributed by atoms with Crippen molar-refractivity contribution in [3.05, 3.63) is 77.9 Å². The van der Waals surface area contributed by atoms with Gasteiger partial charge >= 0.3 is 0 Å². The first kappa shape index (κ1) is 22.9. The number of ether oxygens (including phenoxy) is 3. The minimum Gasteiger partial charge on any atom is -0.497 e. The first-order valence-electron chi connectivity index (χ1n) is 10.0. The van der Waals surface area contributed by atoms with Crippen molar-refractivity contribution in [1.82, 2.24) is 10.9 Å². The lowest BCUT2D eigenvalue weighted by molar-refractivity contribution is 0.0846. The number of amides is 2. The number of nitrogens with zero attached hydrogens (tertiary/aromatic N) is 1. The lowest BCUT2D eigenvalue weighted by Crippen LogP contribution is -2.41. The van der Waals surface area contributed by atoms with E-state index in [0.29, 0.717) is 22.9 Å². The van der Waals surface area contributed by atoms with E-state index in [-0.39, 0.29) is 22.8 Å². The van der Waals surface area contributed by atoms with Crippen LogP contribution in [-0.2, 0) is 10.0 Å². The number of sulfonamides is 1. The zero-order valence-electron chi connectivity index (χ0n) is 18.3. The van der Waals surface area contributed by atoms with E-state index in [9.17, 15) is 18.0 Å². The Morgan fingerprint density at radius 1 is 0.882 bits per heavy atom. The third-order valence-electron chi connectivity index (χ3n) is 5.11. The first-order valence-corrected chi connectivity index (χ1v) is 11.5. The average molecular weight is 484 g/mol. The van der Waals surface area contributed by atoms with Crippen LogP contribution in [0.15, 0.2) is 71.6 Å². The predicted octanol–water partition coefficient (Wildman–Crippen LogP) is 2.32. The van der Waals surface area contributed by atoms with Crippen LogP contribution in [0.3, 0.4) is 0 Å². The van der Waals surface area contributed by atoms with E-state index in [0.717, 1.165) is 4.31 Å². The number of hydrogen-bond donors (Lipinski definition) is 2. The summed E-state index contributed by atoms with van der Waals surface area (Å²) in [5.74, 6) is 0.292. The van der Waals surface area contributed by atoms with Crippen LogP contribution in [0.2, 0.25) is 0 Å². The molecular weight excluding hydrogens is 462 g/mol. The van der Waals surface area contributed by atoms with Crippen molar-refractivity contribution in [3.8, 4) is 17.2 Å². The molecule has 176 valence electrons. The second kappa shape index (κ2) is 9.32. The Labute approximate surface area is 196 Å². The van der Waals surface area contributed by atoms with Gasteiger partial charge in [0.25, 0.3) is 21.8 Å². The van der Waals surface area contributed by atoms with Gasteiger partial charge in [-0.25, -0.2) is 8.42 Å². The molecule has 2 N–H and O–H groups in total. The molecule has 1 heterocycles. The third kappa shape index (κ3) is 4.59. The molecule has 1 aliphatic heterocycles. The summed E-state index contributed by atoms with van der Waals surface area (Å²) in [5.41, 5.74) is 5.31. The highest BCUT2D eigenvalue weighted by Crippen LogP contribution is 2.32. The van der Waals surface area contributed by atoms with Gasteiger partial charge < -0.3 is 14.2 Å². The smallest absolute Gasteiger partial charge is 0.269 e. The Morgan fingerprint density at radius 3 is 2.21 bits per heavy atom. The lowest BCUT2D eigenvalue weighted by Gasteiger charge is -2.20. The summed E-state index contributed by atoms with van der Waals surface area (Å²) in [5, 5.41) is 0. The molecule has 0 aromatic heterocycles. The van der Waals surface area contributed by atoms with Gasteiger partial charge in [-0.1, -0.05) is 6.07 Å². The molecule has 1 aliphatic rings. The van der Waals surface area contributed by atoms with E-state index < -0.39 is 21.8 Å². The molecular formula is C23H21N3O7S. The van der Waals surface area contributed by atoms with Gasteiger partial charge in [-0.15, -0.1) is 0 Å². The highest BCUT2D eigenvalue weighted by atomic mass is 32.2. The normalized spacial score (nSPS) is 12.1. The lowest BCUT2D eigenvalue weighted by atomic mass is 10.2. The van der Waals surface area contributed by atoms with E-state index >= 15 is 0 Å². The SMILES string of the molecule is COc1ccc(N(C)S(=O)(=O)c2cccc(C(=O)NNC(=O)c3ccc4c(c3)OCO4)c2)cc1. The molecule has 0 spiro atoms. The summed E-state index contributed by atoms with van der Waals surface area (Å²) in [7, 11) is -1.02. The van der Waals surface area contributed by atoms with Crippen LogP contribution in [-0.4, -0.2) is 41.2 Å². The van der Waals surface area contributed by atoms with Gasteiger partial charge in [0.05, 0.1) is 17.7 Å². The minimum atomic E-state index is -3.95. The molecule has 0 radical (unpaired) electrons. The number of anilines is 1. The van der Waals surface area contributed by atoms with Crippen molar-refractivity contribution < 1.29 is 32.2 Å². The van der Waals surface area contributed by atoms with Crippen molar-refractivity contribution in [1.29, 1.82) is 0 Å². The van der Waals surface area contributed by atoms with Crippen LogP contribution in [0.1, 0.15) is 20.7 Å². The summed E-state index contributed by atoms with van der Waals surface area (Å²) >= 11 is 0. The number of fused-ring (bicyclic) bond motifs is 1. The summed E-state index contributed by atoms with van der Waals surface area (Å²) < 4.78 is 42.8. The monoisotopic (exact) mass is 483 g/mol. The number of methoxy groups -OCH3 is 1. The van der Waals surface area contributed by atoms with E-state index in [1.807, 2.05) is 0 Å². The Kier molecular flexibility index (Phi) is 6.28. The number of carbonyl (C=O) groups is 2. The molecule has 11 heteroatoms. The molecule has 0 saturated carbocycles. The van der Waals surface area contributed by atoms with Crippen LogP contribution in [0, 0.1) is 0 Å². The van der Waals surface area contributed by atoms with E-state index in [2.05, 4.69) is 10.9 Å². The predicted molar refractivity (Wildman–Crippen MR) is 123 cm³/mol. The average Bonchev–Trinajstić information content (AvgIpc) is 3.34. The van der Waals surface area contributed by atoms with Gasteiger partial charge in [-0.2, -0.15) is 0 Å². The van der Waals surface area contributed by atoms with Crippen molar-refractivity contribution >= 4 is 27.5 Å². The third-order valence-corrected chi connectivity index (χ3v) is 6.90. The van der Waals surface area contributed by atoms with E-state index in [1.54, 1.807) is 30.3 Å². The quantitative estimate of drug-likeness (QED) is 0.516. The molecule has 0 unspecified atom stereocenters. The summed E-state index contributed by atoms with van der Waals surface area (Å²) in [6.45, 7) is 0.0735. The highest BCUT2D eigenvalue weighted by Gasteiger charge is 2.23. The number of hydrogen-bond acceptors (Lipinski definition) is 7. The molecule has 4 rings (SSSR count). The van der Waals surface area contributed by atoms with Crippen molar-refractivity contribution in [2.45, 2.75) is 4.90 Å². The van der Waals surface area contributed by atoms with Gasteiger partial charge in [0.1, 0.15) is 5.75 Å². The number of rotatable bonds is 6. The van der Waals surface area contributed by atoms with Gasteiger partial charge in [0.15, 0.2) is 11.5 Å². The molecule has 2 amide bonds. The Bertz CT molecular complexity index is 1340. The summed E-state index contributed by atoms with van der Waals surface area (Å²) in [4.78, 5) is 24.8. The largest absolute Gasteiger partial charge is 0.497 e. The van der Waals surface area contributed by atoms with Gasteiger partial charge in [0.2, 0.25) is 6.79 Å². The topological polar surface area (TPSA) is 123 Å². The molecule has 0 aliphatic carbocycles. The maximum atomic E-state index is 13.1. The fourth-order valence-electron chi connectivity index (χ4n) is 3.18. The zero-order chi connectivity index (χ0) is 24.3. The maximum Gasteiger partial charge on any atom is 0.269 e. The van der Waals surface area contributed by atoms with Crippen LogP contribution in [0.25, 0.3) is 0 Å². The molecule has 0 saturated heterocycles. The second-order valence-electron chi connectivity index (χ2n) is 7.17. The second-order valence-corrected chi connectivity index (χ2v) is 9.14. The van der Waals surface area contributed by atoms with Crippen LogP contribution in [0.4, 0.5) is 5.69 Å². The number of hydrazine groups is 1. The molecule has 0 fully saturated rings. The van der Waals surface area contributed by atoms with Gasteiger partial charge in [-0.3, -0.25) is 24.7 Å². The highest BCUT2D eigenvalue weighted by molar-refractivity contribution is 7.92. The van der Waals surface area contributed by atoms with Crippen molar-refractivity contribution in [3.63, 3.8) is 0 Å². The molecule has 3 aromatic carbocycles. The molecule has 34 heavy (non-hydrogen) atoms. The van der Waals surface area contributed by atoms with Crippen molar-refractivity contribution in [2.24, 2.45) is 0 Å². The van der Waals surface area contributed by atoms with E-state index in [4.69, 9.17) is 14.2 Å². The van der Waals surface area contributed by atoms with Crippen LogP contribution >= 0.6 is 0 Å². The molecule has 10 nitrogen and oxygen atoms in total. The zero-order valence-corrected chi connectivity index (χ0v) is 19.1. The van der Waals surface area contributed by atoms with Crippen LogP contribution in [0.5, 0.6) is 17.2 Å². The minimum absolute atomic E-state index is 0.0511. The number of carbonyl (C=O) groups excluding carboxylic acids is 2. The maximum absolute atomic E-state index is 13.1. The Hall–Kier alpha value is -4.25. The van der Waals surface area contributed by atoms with E-state index in [1.165, 1.54) is 50.6 Å². The Balaban J connectivity index is 1.45. The standard InChI is InChI=1S/C23H21N3O7S/c1-26(17-7-9-18(31-2)10-8-17)34(29,30)19-5-3-4-15(12-19)22(27)24-25-23(28)16-6-11-20-21(13-16)33-14-32-20/h3-13H,14H2,1-2H3,(H,24,27)(H,25,28). The summed E-state index contributed by atoms with van der Waals surface area (Å²) in [6.07, 6.45) is 0. The number of nitrogens with one attached hydrogen (secondary N) is 2. The molecule has 0 bridgehead atoms. The van der Waals surface area contributed by atoms with Gasteiger partial charge in [-0.05, 0) is 60.7 Å². The molecule has 0 atom stereocenters. The Morgan fingerprint density at radius 2 is 1.53 bits per heavy atom. The summed E-state index contributed by atoms with van der Waals surface area (Å²) in [6, 6.07) is 16.6. The number of benzene rings is 3. The fourth-order valence-corrected chi connectivity index (χ4v) is 4.42. The van der Waals surface area contributed by atoms with Gasteiger partial charge in [0, 0.05) is 18.2 Å². The first-order chi connectivity index (χ1) is 16.3. The fraction of sp³-hybridized carbons (Fsp3) is 0.130. The van der Waals surface area contributed by atoms with Crippen LogP contribution < -0.4 is 29.4 Å². The molecule has 3 aromatic rings.